The van der Waals surface area contributed by atoms with Crippen molar-refractivity contribution in [2.75, 3.05) is 26.2 Å². The normalized spacial score (nSPS) is 11.5. The zero-order valence-corrected chi connectivity index (χ0v) is 13.3. The van der Waals surface area contributed by atoms with Crippen molar-refractivity contribution in [2.24, 2.45) is 4.99 Å². The number of benzene rings is 1. The van der Waals surface area contributed by atoms with E-state index in [1.165, 1.54) is 13.4 Å². The molecule has 0 aromatic heterocycles. The molecule has 8 heteroatoms. The van der Waals surface area contributed by atoms with Crippen LogP contribution >= 0.6 is 34.8 Å². The smallest absolute Gasteiger partial charge is 0.299 e. The number of rotatable bonds is 4. The third-order valence-corrected chi connectivity index (χ3v) is 2.85. The number of amides is 1. The highest BCUT2D eigenvalue weighted by atomic mass is 35.6. The lowest BCUT2D eigenvalue weighted by atomic mass is 10.2. The second-order valence-corrected chi connectivity index (χ2v) is 5.98. The fourth-order valence-corrected chi connectivity index (χ4v) is 1.47. The molecule has 5 nitrogen and oxygen atoms in total. The molecule has 0 heterocycles. The summed E-state index contributed by atoms with van der Waals surface area (Å²) in [7, 11) is 4.76. The Kier molecular flexibility index (Phi) is 5.92. The Bertz CT molecular complexity index is 515. The number of anilines is 1. The van der Waals surface area contributed by atoms with Gasteiger partial charge in [0.1, 0.15) is 0 Å². The van der Waals surface area contributed by atoms with Gasteiger partial charge in [-0.25, -0.2) is 0 Å². The Morgan fingerprint density at radius 1 is 1.25 bits per heavy atom. The predicted molar refractivity (Wildman–Crippen MR) is 81.7 cm³/mol. The van der Waals surface area contributed by atoms with Gasteiger partial charge >= 0.3 is 0 Å². The molecule has 0 bridgehead atoms. The van der Waals surface area contributed by atoms with E-state index in [-0.39, 0.29) is 0 Å². The Morgan fingerprint density at radius 3 is 2.35 bits per heavy atom. The van der Waals surface area contributed by atoms with E-state index in [1.54, 1.807) is 37.3 Å². The van der Waals surface area contributed by atoms with Gasteiger partial charge in [-0.3, -0.25) is 4.79 Å². The van der Waals surface area contributed by atoms with Crippen LogP contribution in [0.3, 0.4) is 0 Å². The summed E-state index contributed by atoms with van der Waals surface area (Å²) >= 11 is 16.2. The van der Waals surface area contributed by atoms with Crippen LogP contribution in [0.25, 0.3) is 0 Å². The van der Waals surface area contributed by atoms with E-state index >= 15 is 0 Å². The monoisotopic (exact) mass is 338 g/mol. The number of hydrogen-bond donors (Lipinski definition) is 0. The maximum Gasteiger partial charge on any atom is 0.299 e. The van der Waals surface area contributed by atoms with Crippen LogP contribution in [-0.2, 0) is 4.79 Å². The fourth-order valence-electron chi connectivity index (χ4n) is 1.32. The lowest BCUT2D eigenvalue weighted by molar-refractivity contribution is -0.116. The number of carbonyl (C=O) groups is 1. The molecule has 110 valence electrons. The topological polar surface area (TPSA) is 51.1 Å². The molecule has 1 aromatic carbocycles. The Hall–Kier alpha value is -1.17. The summed E-state index contributed by atoms with van der Waals surface area (Å²) in [5, 5.41) is 0. The molecule has 1 aromatic rings. The molecule has 0 saturated heterocycles. The first-order valence-corrected chi connectivity index (χ1v) is 6.53. The van der Waals surface area contributed by atoms with Gasteiger partial charge in [-0.2, -0.15) is 4.99 Å². The van der Waals surface area contributed by atoms with Crippen LogP contribution in [0.4, 0.5) is 5.69 Å². The number of alkyl halides is 3. The predicted octanol–water partition coefficient (Wildman–Crippen LogP) is 3.07. The molecule has 0 aliphatic carbocycles. The number of halogens is 3. The van der Waals surface area contributed by atoms with E-state index in [4.69, 9.17) is 44.3 Å². The summed E-state index contributed by atoms with van der Waals surface area (Å²) in [4.78, 5) is 16.5. The lowest BCUT2D eigenvalue weighted by Crippen LogP contribution is -2.20. The molecule has 0 fully saturated rings. The zero-order valence-electron chi connectivity index (χ0n) is 11.1. The molecule has 0 N–H and O–H groups in total. The van der Waals surface area contributed by atoms with Crippen molar-refractivity contribution in [3.8, 4) is 11.5 Å². The number of hydrogen-bond acceptors (Lipinski definition) is 3. The maximum atomic E-state index is 11.4. The average Bonchev–Trinajstić information content (AvgIpc) is 2.42. The minimum Gasteiger partial charge on any atom is -0.493 e. The quantitative estimate of drug-likeness (QED) is 0.480. The fraction of sp³-hybridized carbons (Fsp3) is 0.333. The lowest BCUT2D eigenvalue weighted by Gasteiger charge is -2.16. The first-order chi connectivity index (χ1) is 9.29. The van der Waals surface area contributed by atoms with Crippen molar-refractivity contribution >= 4 is 52.7 Å². The first-order valence-electron chi connectivity index (χ1n) is 5.39. The van der Waals surface area contributed by atoms with Crippen LogP contribution < -0.4 is 14.4 Å². The summed E-state index contributed by atoms with van der Waals surface area (Å²) in [5.74, 6) is 0.284. The molecule has 1 amide bonds. The minimum absolute atomic E-state index is 0.554. The van der Waals surface area contributed by atoms with Gasteiger partial charge in [0.2, 0.25) is 0 Å². The van der Waals surface area contributed by atoms with E-state index < -0.39 is 9.70 Å². The zero-order chi connectivity index (χ0) is 15.3. The first kappa shape index (κ1) is 16.9. The summed E-state index contributed by atoms with van der Waals surface area (Å²) in [6.07, 6.45) is 1.26. The summed E-state index contributed by atoms with van der Waals surface area (Å²) in [5.41, 5.74) is 0.725. The molecule has 0 spiro atoms. The number of aliphatic imine (C=N–C) groups is 1. The standard InChI is InChI=1S/C12H13Cl3N2O3/c1-17(7-16-11(18)12(13,14)15)8-4-5-9(19-2)10(6-8)20-3/h4-7H,1-3H3. The van der Waals surface area contributed by atoms with Gasteiger partial charge in [0, 0.05) is 18.8 Å². The van der Waals surface area contributed by atoms with Gasteiger partial charge in [0.25, 0.3) is 9.70 Å². The SMILES string of the molecule is COc1ccc(N(C)C=NC(=O)C(Cl)(Cl)Cl)cc1OC. The average molecular weight is 340 g/mol. The highest BCUT2D eigenvalue weighted by Crippen LogP contribution is 2.31. The van der Waals surface area contributed by atoms with Crippen molar-refractivity contribution < 1.29 is 14.3 Å². The van der Waals surface area contributed by atoms with Crippen LogP contribution in [-0.4, -0.2) is 37.3 Å². The van der Waals surface area contributed by atoms with Crippen LogP contribution in [0.1, 0.15) is 0 Å². The van der Waals surface area contributed by atoms with Gasteiger partial charge in [0.15, 0.2) is 11.5 Å². The second kappa shape index (κ2) is 7.02. The van der Waals surface area contributed by atoms with Crippen molar-refractivity contribution in [3.63, 3.8) is 0 Å². The van der Waals surface area contributed by atoms with Crippen LogP contribution in [0.5, 0.6) is 11.5 Å². The summed E-state index contributed by atoms with van der Waals surface area (Å²) in [6, 6.07) is 5.23. The Labute approximate surface area is 132 Å². The third-order valence-electron chi connectivity index (χ3n) is 2.37. The second-order valence-electron chi connectivity index (χ2n) is 3.70. The molecule has 0 atom stereocenters. The van der Waals surface area contributed by atoms with Gasteiger partial charge in [-0.1, -0.05) is 34.8 Å². The van der Waals surface area contributed by atoms with E-state index in [9.17, 15) is 4.79 Å². The van der Waals surface area contributed by atoms with E-state index in [0.717, 1.165) is 5.69 Å². The van der Waals surface area contributed by atoms with Crippen molar-refractivity contribution in [3.05, 3.63) is 18.2 Å². The Morgan fingerprint density at radius 2 is 1.85 bits per heavy atom. The van der Waals surface area contributed by atoms with Crippen molar-refractivity contribution in [1.29, 1.82) is 0 Å². The van der Waals surface area contributed by atoms with E-state index in [2.05, 4.69) is 4.99 Å². The maximum absolute atomic E-state index is 11.4. The van der Waals surface area contributed by atoms with Crippen LogP contribution in [0.15, 0.2) is 23.2 Å². The molecule has 1 rings (SSSR count). The molecule has 0 aliphatic heterocycles. The van der Waals surface area contributed by atoms with Crippen molar-refractivity contribution in [1.82, 2.24) is 0 Å². The minimum atomic E-state index is -2.06. The molecular weight excluding hydrogens is 327 g/mol. The molecule has 20 heavy (non-hydrogen) atoms. The summed E-state index contributed by atoms with van der Waals surface area (Å²) < 4.78 is 8.25. The Balaban J connectivity index is 2.90. The van der Waals surface area contributed by atoms with Crippen molar-refractivity contribution in [2.45, 2.75) is 3.79 Å². The van der Waals surface area contributed by atoms with E-state index in [1.807, 2.05) is 0 Å². The number of carbonyl (C=O) groups excluding carboxylic acids is 1. The van der Waals surface area contributed by atoms with Gasteiger partial charge in [-0.05, 0) is 12.1 Å². The van der Waals surface area contributed by atoms with Gasteiger partial charge in [0.05, 0.1) is 20.6 Å². The largest absolute Gasteiger partial charge is 0.493 e. The highest BCUT2D eigenvalue weighted by molar-refractivity contribution is 6.76. The van der Waals surface area contributed by atoms with Gasteiger partial charge < -0.3 is 14.4 Å². The molecule has 0 radical (unpaired) electrons. The van der Waals surface area contributed by atoms with E-state index in [0.29, 0.717) is 11.5 Å². The number of methoxy groups -OCH3 is 2. The van der Waals surface area contributed by atoms with Gasteiger partial charge in [-0.15, -0.1) is 0 Å². The third kappa shape index (κ3) is 4.44. The molecular formula is C12H13Cl3N2O3. The van der Waals surface area contributed by atoms with Crippen LogP contribution in [0, 0.1) is 0 Å². The molecule has 0 unspecified atom stereocenters. The number of nitrogens with zero attached hydrogens (tertiary/aromatic N) is 2. The van der Waals surface area contributed by atoms with Crippen LogP contribution in [0.2, 0.25) is 0 Å². The molecule has 0 saturated carbocycles. The number of ether oxygens (including phenoxy) is 2. The highest BCUT2D eigenvalue weighted by Gasteiger charge is 2.29. The molecule has 0 aliphatic rings. The summed E-state index contributed by atoms with van der Waals surface area (Å²) in [6.45, 7) is 0.